The fraction of sp³-hybridized carbons (Fsp3) is 0.235. The van der Waals surface area contributed by atoms with Crippen molar-refractivity contribution in [2.24, 2.45) is 5.92 Å². The van der Waals surface area contributed by atoms with Gasteiger partial charge in [0.2, 0.25) is 0 Å². The van der Waals surface area contributed by atoms with Crippen LogP contribution in [0.25, 0.3) is 0 Å². The molecule has 0 unspecified atom stereocenters. The van der Waals surface area contributed by atoms with Gasteiger partial charge in [-0.05, 0) is 36.1 Å². The molecule has 0 aliphatic rings. The first-order valence-corrected chi connectivity index (χ1v) is 7.31. The van der Waals surface area contributed by atoms with Gasteiger partial charge >= 0.3 is 0 Å². The fourth-order valence-electron chi connectivity index (χ4n) is 2.09. The Bertz CT molecular complexity index is 615. The van der Waals surface area contributed by atoms with Gasteiger partial charge in [0.25, 0.3) is 0 Å². The molecule has 0 bridgehead atoms. The molecule has 3 heteroatoms. The normalized spacial score (nSPS) is 10.8. The molecule has 0 spiro atoms. The van der Waals surface area contributed by atoms with Gasteiger partial charge in [-0.15, -0.1) is 0 Å². The average Bonchev–Trinajstić information content (AvgIpc) is 2.41. The fourth-order valence-corrected chi connectivity index (χ4v) is 2.47. The Kier molecular flexibility index (Phi) is 4.85. The quantitative estimate of drug-likeness (QED) is 0.689. The van der Waals surface area contributed by atoms with Gasteiger partial charge in [0.1, 0.15) is 0 Å². The van der Waals surface area contributed by atoms with Crippen molar-refractivity contribution in [3.05, 3.63) is 69.2 Å². The highest BCUT2D eigenvalue weighted by Gasteiger charge is 2.13. The van der Waals surface area contributed by atoms with Crippen LogP contribution in [0.3, 0.4) is 0 Å². The molecule has 104 valence electrons. The molecule has 0 N–H and O–H groups in total. The molecule has 0 saturated heterocycles. The van der Waals surface area contributed by atoms with Gasteiger partial charge in [-0.2, -0.15) is 0 Å². The molecule has 0 saturated carbocycles. The zero-order valence-electron chi connectivity index (χ0n) is 11.5. The number of halogens is 2. The maximum atomic E-state index is 12.4. The summed E-state index contributed by atoms with van der Waals surface area (Å²) in [5.74, 6) is 0.493. The molecule has 2 aromatic rings. The van der Waals surface area contributed by atoms with Crippen LogP contribution in [-0.4, -0.2) is 5.78 Å². The predicted octanol–water partition coefficient (Wildman–Crippen LogP) is 5.42. The molecule has 0 radical (unpaired) electrons. The highest BCUT2D eigenvalue weighted by Crippen LogP contribution is 2.23. The topological polar surface area (TPSA) is 17.1 Å². The van der Waals surface area contributed by atoms with E-state index in [-0.39, 0.29) is 5.78 Å². The lowest BCUT2D eigenvalue weighted by atomic mass is 9.98. The van der Waals surface area contributed by atoms with E-state index in [1.54, 1.807) is 18.2 Å². The SMILES string of the molecule is CC(C)Cc1ccc(C(=O)c2cc(Cl)ccc2Cl)cc1. The van der Waals surface area contributed by atoms with E-state index in [0.717, 1.165) is 6.42 Å². The third-order valence-electron chi connectivity index (χ3n) is 3.03. The summed E-state index contributed by atoms with van der Waals surface area (Å²) in [5, 5.41) is 0.930. The van der Waals surface area contributed by atoms with Crippen molar-refractivity contribution in [1.82, 2.24) is 0 Å². The van der Waals surface area contributed by atoms with E-state index in [0.29, 0.717) is 27.1 Å². The second-order valence-corrected chi connectivity index (χ2v) is 6.09. The molecule has 2 aromatic carbocycles. The number of rotatable bonds is 4. The van der Waals surface area contributed by atoms with E-state index in [1.807, 2.05) is 24.3 Å². The summed E-state index contributed by atoms with van der Waals surface area (Å²) < 4.78 is 0. The Hall–Kier alpha value is -1.31. The Morgan fingerprint density at radius 2 is 1.70 bits per heavy atom. The maximum absolute atomic E-state index is 12.4. The Balaban J connectivity index is 2.27. The van der Waals surface area contributed by atoms with Gasteiger partial charge in [0.05, 0.1) is 5.02 Å². The van der Waals surface area contributed by atoms with Crippen LogP contribution in [0, 0.1) is 5.92 Å². The van der Waals surface area contributed by atoms with Crippen molar-refractivity contribution in [2.45, 2.75) is 20.3 Å². The minimum Gasteiger partial charge on any atom is -0.289 e. The van der Waals surface area contributed by atoms with Gasteiger partial charge in [-0.25, -0.2) is 0 Å². The molecule has 0 aromatic heterocycles. The largest absolute Gasteiger partial charge is 0.289 e. The summed E-state index contributed by atoms with van der Waals surface area (Å²) in [6.07, 6.45) is 1.01. The standard InChI is InChI=1S/C17H16Cl2O/c1-11(2)9-12-3-5-13(6-4-12)17(20)15-10-14(18)7-8-16(15)19/h3-8,10-11H,9H2,1-2H3. The Labute approximate surface area is 129 Å². The minimum absolute atomic E-state index is 0.103. The number of carbonyl (C=O) groups is 1. The summed E-state index contributed by atoms with van der Waals surface area (Å²) in [6.45, 7) is 4.34. The van der Waals surface area contributed by atoms with E-state index in [1.165, 1.54) is 5.56 Å². The van der Waals surface area contributed by atoms with E-state index in [9.17, 15) is 4.79 Å². The lowest BCUT2D eigenvalue weighted by Crippen LogP contribution is -2.03. The molecule has 0 fully saturated rings. The van der Waals surface area contributed by atoms with Crippen molar-refractivity contribution in [3.8, 4) is 0 Å². The number of ketones is 1. The maximum Gasteiger partial charge on any atom is 0.194 e. The summed E-state index contributed by atoms with van der Waals surface area (Å²) in [5.41, 5.74) is 2.30. The number of hydrogen-bond donors (Lipinski definition) is 0. The first-order chi connectivity index (χ1) is 9.47. The number of benzene rings is 2. The highest BCUT2D eigenvalue weighted by atomic mass is 35.5. The summed E-state index contributed by atoms with van der Waals surface area (Å²) >= 11 is 12.0. The van der Waals surface area contributed by atoms with E-state index < -0.39 is 0 Å². The van der Waals surface area contributed by atoms with Crippen LogP contribution < -0.4 is 0 Å². The van der Waals surface area contributed by atoms with Crippen LogP contribution >= 0.6 is 23.2 Å². The van der Waals surface area contributed by atoms with Crippen molar-refractivity contribution >= 4 is 29.0 Å². The van der Waals surface area contributed by atoms with Gasteiger partial charge in [0, 0.05) is 16.1 Å². The van der Waals surface area contributed by atoms with Crippen LogP contribution in [0.15, 0.2) is 42.5 Å². The molecule has 1 nitrogen and oxygen atoms in total. The van der Waals surface area contributed by atoms with Crippen LogP contribution in [0.5, 0.6) is 0 Å². The Morgan fingerprint density at radius 1 is 1.05 bits per heavy atom. The highest BCUT2D eigenvalue weighted by molar-refractivity contribution is 6.36. The van der Waals surface area contributed by atoms with Gasteiger partial charge in [0.15, 0.2) is 5.78 Å². The third-order valence-corrected chi connectivity index (χ3v) is 3.60. The number of carbonyl (C=O) groups excluding carboxylic acids is 1. The van der Waals surface area contributed by atoms with Crippen molar-refractivity contribution in [3.63, 3.8) is 0 Å². The van der Waals surface area contributed by atoms with Crippen LogP contribution in [0.1, 0.15) is 35.3 Å². The molecular formula is C17H16Cl2O. The smallest absolute Gasteiger partial charge is 0.194 e. The van der Waals surface area contributed by atoms with Crippen molar-refractivity contribution in [2.75, 3.05) is 0 Å². The molecule has 0 amide bonds. The molecule has 0 atom stereocenters. The molecule has 0 heterocycles. The first-order valence-electron chi connectivity index (χ1n) is 6.56. The first kappa shape index (κ1) is 15.1. The summed E-state index contributed by atoms with van der Waals surface area (Å²) in [6, 6.07) is 12.6. The van der Waals surface area contributed by atoms with E-state index in [2.05, 4.69) is 13.8 Å². The molecule has 20 heavy (non-hydrogen) atoms. The lowest BCUT2D eigenvalue weighted by Gasteiger charge is -2.07. The average molecular weight is 307 g/mol. The van der Waals surface area contributed by atoms with Gasteiger partial charge in [-0.3, -0.25) is 4.79 Å². The van der Waals surface area contributed by atoms with Gasteiger partial charge in [-0.1, -0.05) is 61.3 Å². The predicted molar refractivity (Wildman–Crippen MR) is 84.9 cm³/mol. The van der Waals surface area contributed by atoms with E-state index >= 15 is 0 Å². The van der Waals surface area contributed by atoms with Gasteiger partial charge < -0.3 is 0 Å². The van der Waals surface area contributed by atoms with Crippen LogP contribution in [0.2, 0.25) is 10.0 Å². The second kappa shape index (κ2) is 6.43. The second-order valence-electron chi connectivity index (χ2n) is 5.25. The Morgan fingerprint density at radius 3 is 2.30 bits per heavy atom. The molecule has 0 aliphatic carbocycles. The minimum atomic E-state index is -0.103. The molecule has 2 rings (SSSR count). The lowest BCUT2D eigenvalue weighted by molar-refractivity contribution is 0.103. The molecule has 0 aliphatic heterocycles. The van der Waals surface area contributed by atoms with Crippen LogP contribution in [0.4, 0.5) is 0 Å². The van der Waals surface area contributed by atoms with Crippen molar-refractivity contribution < 1.29 is 4.79 Å². The zero-order valence-corrected chi connectivity index (χ0v) is 13.0. The summed E-state index contributed by atoms with van der Waals surface area (Å²) in [7, 11) is 0. The third kappa shape index (κ3) is 3.62. The van der Waals surface area contributed by atoms with Crippen molar-refractivity contribution in [1.29, 1.82) is 0 Å². The monoisotopic (exact) mass is 306 g/mol. The zero-order chi connectivity index (χ0) is 14.7. The van der Waals surface area contributed by atoms with E-state index in [4.69, 9.17) is 23.2 Å². The molecular weight excluding hydrogens is 291 g/mol. The number of hydrogen-bond acceptors (Lipinski definition) is 1. The summed E-state index contributed by atoms with van der Waals surface area (Å²) in [4.78, 5) is 12.4. The van der Waals surface area contributed by atoms with Crippen LogP contribution in [-0.2, 0) is 6.42 Å².